The molecule has 2 saturated carbocycles. The molecule has 1 aromatic carbocycles. The van der Waals surface area contributed by atoms with Crippen LogP contribution in [0.1, 0.15) is 108 Å². The van der Waals surface area contributed by atoms with Crippen molar-refractivity contribution in [3.05, 3.63) is 35.4 Å². The van der Waals surface area contributed by atoms with Crippen molar-refractivity contribution in [3.8, 4) is 0 Å². The van der Waals surface area contributed by atoms with E-state index < -0.39 is 47.8 Å². The van der Waals surface area contributed by atoms with E-state index in [9.17, 15) is 28.8 Å². The van der Waals surface area contributed by atoms with E-state index >= 15 is 0 Å². The Morgan fingerprint density at radius 3 is 1.73 bits per heavy atom. The van der Waals surface area contributed by atoms with Gasteiger partial charge in [-0.1, -0.05) is 58.6 Å². The maximum Gasteiger partial charge on any atom is 0.251 e. The third-order valence-electron chi connectivity index (χ3n) is 11.1. The van der Waals surface area contributed by atoms with Crippen LogP contribution in [0, 0.1) is 23.7 Å². The van der Waals surface area contributed by atoms with Gasteiger partial charge in [0.15, 0.2) is 0 Å². The van der Waals surface area contributed by atoms with E-state index in [0.29, 0.717) is 44.2 Å². The minimum atomic E-state index is -0.746. The van der Waals surface area contributed by atoms with Crippen molar-refractivity contribution in [2.75, 3.05) is 19.6 Å². The van der Waals surface area contributed by atoms with Gasteiger partial charge < -0.3 is 32.7 Å². The number of imide groups is 1. The highest BCUT2D eigenvalue weighted by molar-refractivity contribution is 6.00. The van der Waals surface area contributed by atoms with Gasteiger partial charge in [0.25, 0.3) is 5.91 Å². The quantitative estimate of drug-likeness (QED) is 0.131. The monoisotopic (exact) mass is 709 g/mol. The average molecular weight is 710 g/mol. The van der Waals surface area contributed by atoms with Gasteiger partial charge in [0.1, 0.15) is 0 Å². The number of amides is 6. The smallest absolute Gasteiger partial charge is 0.251 e. The Balaban J connectivity index is 1.33. The topological polar surface area (TPSA) is 206 Å². The molecule has 1 heterocycles. The van der Waals surface area contributed by atoms with Crippen molar-refractivity contribution in [1.82, 2.24) is 26.2 Å². The van der Waals surface area contributed by atoms with Crippen LogP contribution in [-0.4, -0.2) is 84.1 Å². The van der Waals surface area contributed by atoms with Gasteiger partial charge in [0.2, 0.25) is 29.5 Å². The van der Waals surface area contributed by atoms with Gasteiger partial charge in [-0.25, -0.2) is 0 Å². The normalized spacial score (nSPS) is 24.6. The van der Waals surface area contributed by atoms with Crippen molar-refractivity contribution in [3.63, 3.8) is 0 Å². The molecule has 13 nitrogen and oxygen atoms in total. The lowest BCUT2D eigenvalue weighted by molar-refractivity contribution is -0.156. The highest BCUT2D eigenvalue weighted by Gasteiger charge is 2.41. The molecule has 0 bridgehead atoms. The van der Waals surface area contributed by atoms with Gasteiger partial charge in [-0.15, -0.1) is 0 Å². The molecule has 3 fully saturated rings. The summed E-state index contributed by atoms with van der Waals surface area (Å²) in [4.78, 5) is 80.0. The number of nitrogens with zero attached hydrogens (tertiary/aromatic N) is 1. The summed E-state index contributed by atoms with van der Waals surface area (Å²) < 4.78 is 0. The average Bonchev–Trinajstić information content (AvgIpc) is 3.08. The number of rotatable bonds is 13. The summed E-state index contributed by atoms with van der Waals surface area (Å²) in [5.74, 6) is -4.10. The molecular weight excluding hydrogens is 650 g/mol. The van der Waals surface area contributed by atoms with Gasteiger partial charge >= 0.3 is 0 Å². The van der Waals surface area contributed by atoms with Crippen molar-refractivity contribution >= 4 is 35.4 Å². The highest BCUT2D eigenvalue weighted by atomic mass is 16.2. The highest BCUT2D eigenvalue weighted by Crippen LogP contribution is 2.29. The molecule has 0 spiro atoms. The zero-order chi connectivity index (χ0) is 37.5. The molecule has 0 unspecified atom stereocenters. The van der Waals surface area contributed by atoms with E-state index in [4.69, 9.17) is 11.5 Å². The maximum atomic E-state index is 13.7. The van der Waals surface area contributed by atoms with Gasteiger partial charge in [0.05, 0.1) is 23.7 Å². The zero-order valence-electron chi connectivity index (χ0n) is 31.0. The summed E-state index contributed by atoms with van der Waals surface area (Å²) >= 11 is 0. The molecule has 8 atom stereocenters. The van der Waals surface area contributed by atoms with Crippen LogP contribution in [0.2, 0.25) is 0 Å². The second kappa shape index (κ2) is 17.6. The standard InChI is InChI=1S/C38H59N7O6/c1-22(41-33(47)24-14-16-25(17-15-24)38(3,4)5)28(20-39)35(49)43-30-12-8-6-10-26(30)34(48)42-23(2)29(21-40)36(50)44-31-13-9-7-11-27(31)37(51)45-19-18-32(45)46/h14-17,22-23,26-31H,6-13,18-21,39-40H2,1-5H3,(H,41,47)(H,42,48)(H,43,49)(H,44,50)/t22-,23-,26-,27-,28-,29-,30+,31+/m0/s1. The van der Waals surface area contributed by atoms with E-state index in [1.165, 1.54) is 4.90 Å². The Morgan fingerprint density at radius 2 is 1.25 bits per heavy atom. The van der Waals surface area contributed by atoms with E-state index in [1.807, 2.05) is 12.1 Å². The molecule has 13 heteroatoms. The fourth-order valence-corrected chi connectivity index (χ4v) is 7.57. The Labute approximate surface area is 302 Å². The number of nitrogens with two attached hydrogens (primary N) is 2. The first-order valence-electron chi connectivity index (χ1n) is 18.7. The number of carbonyl (C=O) groups excluding carboxylic acids is 6. The summed E-state index contributed by atoms with van der Waals surface area (Å²) in [6.07, 6.45) is 6.13. The number of carbonyl (C=O) groups is 6. The maximum absolute atomic E-state index is 13.7. The van der Waals surface area contributed by atoms with Gasteiger partial charge in [-0.05, 0) is 62.6 Å². The molecule has 0 radical (unpaired) electrons. The molecule has 3 aliphatic rings. The Bertz CT molecular complexity index is 1430. The van der Waals surface area contributed by atoms with Crippen molar-refractivity contribution in [2.24, 2.45) is 35.1 Å². The number of hydrogen-bond acceptors (Lipinski definition) is 8. The minimum Gasteiger partial charge on any atom is -0.352 e. The molecule has 1 saturated heterocycles. The van der Waals surface area contributed by atoms with E-state index in [0.717, 1.165) is 31.2 Å². The Kier molecular flexibility index (Phi) is 13.8. The molecular formula is C38H59N7O6. The first-order chi connectivity index (χ1) is 24.2. The number of benzene rings is 1. The predicted molar refractivity (Wildman–Crippen MR) is 194 cm³/mol. The number of β-lactam (4-membered cyclic amide) rings is 1. The Morgan fingerprint density at radius 1 is 0.765 bits per heavy atom. The number of likely N-dealkylation sites (tertiary alicyclic amines) is 1. The summed E-state index contributed by atoms with van der Waals surface area (Å²) in [5.41, 5.74) is 13.7. The molecule has 51 heavy (non-hydrogen) atoms. The second-order valence-corrected chi connectivity index (χ2v) is 15.7. The third kappa shape index (κ3) is 9.94. The molecule has 8 N–H and O–H groups in total. The number of hydrogen-bond donors (Lipinski definition) is 6. The van der Waals surface area contributed by atoms with Crippen LogP contribution in [0.4, 0.5) is 0 Å². The summed E-state index contributed by atoms with van der Waals surface area (Å²) in [6, 6.07) is 5.39. The number of nitrogens with one attached hydrogen (secondary N) is 4. The summed E-state index contributed by atoms with van der Waals surface area (Å²) in [5, 5.41) is 12.0. The molecule has 1 aromatic rings. The fraction of sp³-hybridized carbons (Fsp3) is 0.684. The molecule has 2 aliphatic carbocycles. The lowest BCUT2D eigenvalue weighted by atomic mass is 9.82. The lowest BCUT2D eigenvalue weighted by Crippen LogP contribution is -2.58. The van der Waals surface area contributed by atoms with Crippen LogP contribution in [0.5, 0.6) is 0 Å². The van der Waals surface area contributed by atoms with E-state index in [2.05, 4.69) is 42.0 Å². The first kappa shape index (κ1) is 39.9. The predicted octanol–water partition coefficient (Wildman–Crippen LogP) is 1.87. The molecule has 0 aromatic heterocycles. The van der Waals surface area contributed by atoms with Crippen LogP contribution in [0.3, 0.4) is 0 Å². The second-order valence-electron chi connectivity index (χ2n) is 15.7. The SMILES string of the molecule is C[C@H](NC(=O)c1ccc(C(C)(C)C)cc1)[C@H](CN)C(=O)N[C@@H]1CCCC[C@@H]1C(=O)N[C@@H](C)[C@H](CN)C(=O)N[C@@H]1CCCC[C@@H]1C(=O)N1CCC1=O. The van der Waals surface area contributed by atoms with Crippen LogP contribution in [-0.2, 0) is 29.4 Å². The van der Waals surface area contributed by atoms with Crippen LogP contribution < -0.4 is 32.7 Å². The largest absolute Gasteiger partial charge is 0.352 e. The first-order valence-corrected chi connectivity index (χ1v) is 18.7. The Hall–Kier alpha value is -3.84. The van der Waals surface area contributed by atoms with Crippen molar-refractivity contribution in [2.45, 2.75) is 122 Å². The summed E-state index contributed by atoms with van der Waals surface area (Å²) in [7, 11) is 0. The minimum absolute atomic E-state index is 0.00589. The van der Waals surface area contributed by atoms with Crippen LogP contribution in [0.15, 0.2) is 24.3 Å². The van der Waals surface area contributed by atoms with Crippen LogP contribution >= 0.6 is 0 Å². The lowest BCUT2D eigenvalue weighted by Gasteiger charge is -2.38. The summed E-state index contributed by atoms with van der Waals surface area (Å²) in [6.45, 7) is 10.2. The fourth-order valence-electron chi connectivity index (χ4n) is 7.57. The van der Waals surface area contributed by atoms with Crippen molar-refractivity contribution in [1.29, 1.82) is 0 Å². The molecule has 6 amide bonds. The van der Waals surface area contributed by atoms with Crippen molar-refractivity contribution < 1.29 is 28.8 Å². The van der Waals surface area contributed by atoms with Gasteiger partial charge in [-0.3, -0.25) is 33.7 Å². The van der Waals surface area contributed by atoms with E-state index in [1.54, 1.807) is 26.0 Å². The van der Waals surface area contributed by atoms with Gasteiger partial charge in [-0.2, -0.15) is 0 Å². The zero-order valence-corrected chi connectivity index (χ0v) is 31.0. The molecule has 282 valence electrons. The van der Waals surface area contributed by atoms with Crippen LogP contribution in [0.25, 0.3) is 0 Å². The van der Waals surface area contributed by atoms with Gasteiger partial charge in [0, 0.05) is 55.8 Å². The third-order valence-corrected chi connectivity index (χ3v) is 11.1. The van der Waals surface area contributed by atoms with E-state index in [-0.39, 0.29) is 53.9 Å². The molecule has 4 rings (SSSR count). The molecule has 1 aliphatic heterocycles.